The molecule has 0 radical (unpaired) electrons. The fraction of sp³-hybridized carbons (Fsp3) is 0.290. The number of phenolic OH excluding ortho intramolecular Hbond substituents is 1. The van der Waals surface area contributed by atoms with Crippen LogP contribution in [0.2, 0.25) is 0 Å². The third-order valence-corrected chi connectivity index (χ3v) is 6.85. The number of phenols is 1. The number of rotatable bonds is 9. The molecule has 1 heterocycles. The number of halogens is 2. The zero-order valence-electron chi connectivity index (χ0n) is 24.3. The molecule has 1 aliphatic rings. The first-order chi connectivity index (χ1) is 21.6. The SMILES string of the molecule is COCOc1ccc(OC)cc1C(=O)c1c(F)cc(C(=O)OOC(=O)N2CCCCC(NC(=O)c3ccc(O)cc3)C2)cc1F. The second-order valence-corrected chi connectivity index (χ2v) is 9.94. The molecule has 1 unspecified atom stereocenters. The first-order valence-corrected chi connectivity index (χ1v) is 13.7. The number of carbonyl (C=O) groups excluding carboxylic acids is 4. The number of benzene rings is 3. The summed E-state index contributed by atoms with van der Waals surface area (Å²) >= 11 is 0. The fourth-order valence-corrected chi connectivity index (χ4v) is 4.59. The van der Waals surface area contributed by atoms with Crippen LogP contribution in [0.5, 0.6) is 17.2 Å². The molecule has 3 aromatic carbocycles. The van der Waals surface area contributed by atoms with Crippen molar-refractivity contribution in [3.05, 3.63) is 88.5 Å². The van der Waals surface area contributed by atoms with E-state index in [0.717, 1.165) is 0 Å². The van der Waals surface area contributed by atoms with Crippen LogP contribution in [0.25, 0.3) is 0 Å². The van der Waals surface area contributed by atoms with Crippen LogP contribution in [0.4, 0.5) is 13.6 Å². The normalized spacial score (nSPS) is 14.6. The standard InChI is InChI=1S/C31H30F2N2O10/c1-41-17-43-26-11-10-22(42-2)15-23(26)28(37)27-24(32)13-19(14-25(27)33)30(39)44-45-31(40)35-12-4-3-5-20(16-35)34-29(38)18-6-8-21(36)9-7-18/h6-11,13-15,20,36H,3-5,12,16-17H2,1-2H3,(H,34,38). The van der Waals surface area contributed by atoms with E-state index in [1.165, 1.54) is 61.6 Å². The number of carbonyl (C=O) groups is 4. The highest BCUT2D eigenvalue weighted by Crippen LogP contribution is 2.29. The third-order valence-electron chi connectivity index (χ3n) is 6.85. The van der Waals surface area contributed by atoms with E-state index >= 15 is 8.78 Å². The Morgan fingerprint density at radius 1 is 0.933 bits per heavy atom. The molecule has 12 nitrogen and oxygen atoms in total. The summed E-state index contributed by atoms with van der Waals surface area (Å²) in [6.07, 6.45) is 0.769. The number of ketones is 1. The molecule has 0 bridgehead atoms. The van der Waals surface area contributed by atoms with Gasteiger partial charge < -0.3 is 29.5 Å². The van der Waals surface area contributed by atoms with Crippen molar-refractivity contribution in [1.82, 2.24) is 10.2 Å². The first kappa shape index (κ1) is 32.7. The van der Waals surface area contributed by atoms with Crippen LogP contribution in [0.1, 0.15) is 55.9 Å². The van der Waals surface area contributed by atoms with Gasteiger partial charge in [-0.25, -0.2) is 28.1 Å². The second kappa shape index (κ2) is 15.0. The summed E-state index contributed by atoms with van der Waals surface area (Å²) in [5.74, 6) is -5.43. The molecule has 1 aliphatic heterocycles. The Hall–Kier alpha value is -5.24. The quantitative estimate of drug-likeness (QED) is 0.151. The summed E-state index contributed by atoms with van der Waals surface area (Å²) in [4.78, 5) is 61.4. The van der Waals surface area contributed by atoms with E-state index in [2.05, 4.69) is 15.1 Å². The molecule has 238 valence electrons. The van der Waals surface area contributed by atoms with E-state index in [0.29, 0.717) is 37.0 Å². The molecular formula is C31H30F2N2O10. The highest BCUT2D eigenvalue weighted by molar-refractivity contribution is 6.11. The minimum atomic E-state index is -1.39. The van der Waals surface area contributed by atoms with Crippen LogP contribution in [0.3, 0.4) is 0 Å². The Morgan fingerprint density at radius 2 is 1.64 bits per heavy atom. The van der Waals surface area contributed by atoms with Crippen LogP contribution in [-0.2, 0) is 14.5 Å². The molecule has 45 heavy (non-hydrogen) atoms. The van der Waals surface area contributed by atoms with Crippen molar-refractivity contribution in [2.24, 2.45) is 0 Å². The van der Waals surface area contributed by atoms with Gasteiger partial charge in [-0.2, -0.15) is 0 Å². The number of hydrogen-bond donors (Lipinski definition) is 2. The molecule has 0 aromatic heterocycles. The Labute approximate surface area is 256 Å². The van der Waals surface area contributed by atoms with Crippen molar-refractivity contribution in [2.45, 2.75) is 25.3 Å². The van der Waals surface area contributed by atoms with Gasteiger partial charge in [-0.05, 0) is 73.9 Å². The zero-order valence-corrected chi connectivity index (χ0v) is 24.3. The molecular weight excluding hydrogens is 598 g/mol. The number of methoxy groups -OCH3 is 2. The van der Waals surface area contributed by atoms with Crippen molar-refractivity contribution in [3.8, 4) is 17.2 Å². The van der Waals surface area contributed by atoms with Crippen LogP contribution in [0, 0.1) is 11.6 Å². The van der Waals surface area contributed by atoms with Crippen LogP contribution in [-0.4, -0.2) is 73.9 Å². The Bertz CT molecular complexity index is 1540. The lowest BCUT2D eigenvalue weighted by molar-refractivity contribution is -0.192. The number of aromatic hydroxyl groups is 1. The summed E-state index contributed by atoms with van der Waals surface area (Å²) in [6.45, 7) is 0.0383. The number of ether oxygens (including phenoxy) is 3. The van der Waals surface area contributed by atoms with Gasteiger partial charge in [0, 0.05) is 31.8 Å². The number of nitrogens with zero attached hydrogens (tertiary/aromatic N) is 1. The van der Waals surface area contributed by atoms with E-state index in [-0.39, 0.29) is 42.7 Å². The van der Waals surface area contributed by atoms with Crippen molar-refractivity contribution >= 4 is 23.8 Å². The molecule has 3 aromatic rings. The Kier molecular flexibility index (Phi) is 10.9. The maximum Gasteiger partial charge on any atom is 0.453 e. The minimum Gasteiger partial charge on any atom is -0.508 e. The molecule has 0 saturated carbocycles. The minimum absolute atomic E-state index is 0.00929. The lowest BCUT2D eigenvalue weighted by atomic mass is 9.99. The predicted octanol–water partition coefficient (Wildman–Crippen LogP) is 4.39. The second-order valence-electron chi connectivity index (χ2n) is 9.94. The number of likely N-dealkylation sites (tertiary alicyclic amines) is 1. The van der Waals surface area contributed by atoms with E-state index in [1.54, 1.807) is 0 Å². The van der Waals surface area contributed by atoms with Gasteiger partial charge in [-0.3, -0.25) is 9.59 Å². The summed E-state index contributed by atoms with van der Waals surface area (Å²) in [7, 11) is 2.70. The van der Waals surface area contributed by atoms with Crippen LogP contribution in [0.15, 0.2) is 54.6 Å². The van der Waals surface area contributed by atoms with Crippen molar-refractivity contribution in [1.29, 1.82) is 0 Å². The van der Waals surface area contributed by atoms with Crippen molar-refractivity contribution in [3.63, 3.8) is 0 Å². The highest BCUT2D eigenvalue weighted by Gasteiger charge is 2.28. The molecule has 2 amide bonds. The monoisotopic (exact) mass is 628 g/mol. The molecule has 2 N–H and O–H groups in total. The van der Waals surface area contributed by atoms with Gasteiger partial charge >= 0.3 is 12.1 Å². The van der Waals surface area contributed by atoms with E-state index in [1.807, 2.05) is 0 Å². The molecule has 1 saturated heterocycles. The molecule has 14 heteroatoms. The van der Waals surface area contributed by atoms with Gasteiger partial charge in [0.25, 0.3) is 5.91 Å². The van der Waals surface area contributed by atoms with Gasteiger partial charge in [-0.15, -0.1) is 0 Å². The fourth-order valence-electron chi connectivity index (χ4n) is 4.59. The summed E-state index contributed by atoms with van der Waals surface area (Å²) in [5, 5.41) is 12.2. The van der Waals surface area contributed by atoms with Gasteiger partial charge in [0.05, 0.1) is 23.8 Å². The molecule has 1 fully saturated rings. The van der Waals surface area contributed by atoms with Gasteiger partial charge in [0.2, 0.25) is 5.78 Å². The first-order valence-electron chi connectivity index (χ1n) is 13.7. The van der Waals surface area contributed by atoms with Crippen molar-refractivity contribution in [2.75, 3.05) is 34.1 Å². The van der Waals surface area contributed by atoms with Gasteiger partial charge in [0.15, 0.2) is 6.79 Å². The van der Waals surface area contributed by atoms with Gasteiger partial charge in [0.1, 0.15) is 28.9 Å². The number of amides is 2. The lowest BCUT2D eigenvalue weighted by Gasteiger charge is -2.23. The molecule has 0 aliphatic carbocycles. The average molecular weight is 629 g/mol. The average Bonchev–Trinajstić information content (AvgIpc) is 3.27. The van der Waals surface area contributed by atoms with E-state index in [4.69, 9.17) is 14.2 Å². The zero-order chi connectivity index (χ0) is 32.5. The molecule has 1 atom stereocenters. The maximum atomic E-state index is 15.1. The van der Waals surface area contributed by atoms with Gasteiger partial charge in [-0.1, -0.05) is 0 Å². The topological polar surface area (TPSA) is 150 Å². The van der Waals surface area contributed by atoms with Crippen molar-refractivity contribution < 1.29 is 57.1 Å². The summed E-state index contributed by atoms with van der Waals surface area (Å²) < 4.78 is 45.4. The number of hydrogen-bond acceptors (Lipinski definition) is 10. The molecule has 4 rings (SSSR count). The Balaban J connectivity index is 1.40. The van der Waals surface area contributed by atoms with E-state index in [9.17, 15) is 24.3 Å². The lowest BCUT2D eigenvalue weighted by Crippen LogP contribution is -2.45. The third kappa shape index (κ3) is 8.23. The number of nitrogens with one attached hydrogen (secondary N) is 1. The largest absolute Gasteiger partial charge is 0.508 e. The van der Waals surface area contributed by atoms with E-state index < -0.39 is 52.6 Å². The maximum absolute atomic E-state index is 15.1. The Morgan fingerprint density at radius 3 is 2.31 bits per heavy atom. The highest BCUT2D eigenvalue weighted by atomic mass is 19.1. The summed E-state index contributed by atoms with van der Waals surface area (Å²) in [6, 6.07) is 10.4. The summed E-state index contributed by atoms with van der Waals surface area (Å²) in [5.41, 5.74) is -1.53. The van der Waals surface area contributed by atoms with Crippen LogP contribution >= 0.6 is 0 Å². The predicted molar refractivity (Wildman–Crippen MR) is 152 cm³/mol. The smallest absolute Gasteiger partial charge is 0.453 e. The molecule has 0 spiro atoms. The van der Waals surface area contributed by atoms with Crippen LogP contribution < -0.4 is 14.8 Å².